The maximum atomic E-state index is 12.5. The van der Waals surface area contributed by atoms with E-state index in [0.29, 0.717) is 36.0 Å². The van der Waals surface area contributed by atoms with Crippen LogP contribution in [0.1, 0.15) is 15.9 Å². The highest BCUT2D eigenvalue weighted by Gasteiger charge is 2.23. The second-order valence-electron chi connectivity index (χ2n) is 6.79. The van der Waals surface area contributed by atoms with Gasteiger partial charge in [0.15, 0.2) is 5.78 Å². The molecule has 1 aliphatic rings. The molecule has 6 nitrogen and oxygen atoms in total. The highest BCUT2D eigenvalue weighted by atomic mass is 35.5. The van der Waals surface area contributed by atoms with Gasteiger partial charge in [0.1, 0.15) is 6.10 Å². The number of benzene rings is 2. The van der Waals surface area contributed by atoms with E-state index in [2.05, 4.69) is 10.6 Å². The first-order valence-electron chi connectivity index (χ1n) is 9.22. The predicted octanol–water partition coefficient (Wildman–Crippen LogP) is 2.58. The number of carbonyl (C=O) groups excluding carboxylic acids is 2. The second-order valence-corrected chi connectivity index (χ2v) is 7.20. The minimum absolute atomic E-state index is 0.0247. The first-order valence-corrected chi connectivity index (χ1v) is 9.60. The Morgan fingerprint density at radius 1 is 1.21 bits per heavy atom. The molecule has 2 aromatic carbocycles. The van der Waals surface area contributed by atoms with E-state index in [1.54, 1.807) is 24.3 Å². The molecule has 3 rings (SSSR count). The van der Waals surface area contributed by atoms with Gasteiger partial charge in [-0.15, -0.1) is 0 Å². The quantitative estimate of drug-likeness (QED) is 0.746. The smallest absolute Gasteiger partial charge is 0.255 e. The highest BCUT2D eigenvalue weighted by molar-refractivity contribution is 6.31. The number of hydrogen-bond donors (Lipinski definition) is 2. The Balaban J connectivity index is 1.67. The molecule has 7 heteroatoms. The number of carbonyl (C=O) groups is 2. The van der Waals surface area contributed by atoms with E-state index < -0.39 is 6.10 Å². The number of rotatable bonds is 7. The topological polar surface area (TPSA) is 70.7 Å². The molecule has 2 aromatic rings. The van der Waals surface area contributed by atoms with Crippen molar-refractivity contribution in [2.75, 3.05) is 38.6 Å². The predicted molar refractivity (Wildman–Crippen MR) is 110 cm³/mol. The molecule has 0 aromatic heterocycles. The number of hydrogen-bond acceptors (Lipinski definition) is 5. The van der Waals surface area contributed by atoms with Crippen LogP contribution in [0.15, 0.2) is 48.5 Å². The number of Topliss-reactive ketones (excluding diaryl/α,β-unsaturated/α-hetero) is 1. The first-order chi connectivity index (χ1) is 13.5. The van der Waals surface area contributed by atoms with Gasteiger partial charge in [0.05, 0.1) is 13.2 Å². The monoisotopic (exact) mass is 401 g/mol. The largest absolute Gasteiger partial charge is 0.368 e. The highest BCUT2D eigenvalue weighted by Crippen LogP contribution is 2.26. The summed E-state index contributed by atoms with van der Waals surface area (Å²) in [5.41, 5.74) is 1.97. The molecule has 1 fully saturated rings. The Hall–Kier alpha value is -2.25. The lowest BCUT2D eigenvalue weighted by molar-refractivity contribution is -0.132. The van der Waals surface area contributed by atoms with Crippen molar-refractivity contribution in [3.63, 3.8) is 0 Å². The summed E-state index contributed by atoms with van der Waals surface area (Å²) in [5, 5.41) is 6.62. The van der Waals surface area contributed by atoms with Gasteiger partial charge < -0.3 is 15.4 Å². The zero-order valence-corrected chi connectivity index (χ0v) is 16.5. The Bertz CT molecular complexity index is 823. The van der Waals surface area contributed by atoms with Crippen LogP contribution in [0.4, 0.5) is 5.69 Å². The van der Waals surface area contributed by atoms with Gasteiger partial charge in [-0.1, -0.05) is 35.9 Å². The van der Waals surface area contributed by atoms with Crippen LogP contribution in [0, 0.1) is 0 Å². The van der Waals surface area contributed by atoms with Crippen LogP contribution in [-0.2, 0) is 16.1 Å². The fraction of sp³-hybridized carbons (Fsp3) is 0.333. The van der Waals surface area contributed by atoms with Crippen molar-refractivity contribution in [3.05, 3.63) is 64.7 Å². The van der Waals surface area contributed by atoms with E-state index in [4.69, 9.17) is 16.3 Å². The molecule has 2 N–H and O–H groups in total. The van der Waals surface area contributed by atoms with Gasteiger partial charge in [0.25, 0.3) is 5.91 Å². The van der Waals surface area contributed by atoms with E-state index in [9.17, 15) is 9.59 Å². The van der Waals surface area contributed by atoms with Crippen LogP contribution in [0.5, 0.6) is 0 Å². The van der Waals surface area contributed by atoms with Crippen LogP contribution in [0.25, 0.3) is 0 Å². The van der Waals surface area contributed by atoms with Crippen molar-refractivity contribution in [3.8, 4) is 0 Å². The van der Waals surface area contributed by atoms with Crippen molar-refractivity contribution in [2.45, 2.75) is 12.6 Å². The Morgan fingerprint density at radius 3 is 2.71 bits per heavy atom. The maximum Gasteiger partial charge on any atom is 0.255 e. The van der Waals surface area contributed by atoms with Gasteiger partial charge in [0, 0.05) is 41.5 Å². The normalized spacial score (nSPS) is 16.8. The van der Waals surface area contributed by atoms with Crippen molar-refractivity contribution >= 4 is 29.0 Å². The van der Waals surface area contributed by atoms with Crippen molar-refractivity contribution in [1.82, 2.24) is 10.2 Å². The number of nitrogens with zero attached hydrogens (tertiary/aromatic N) is 1. The number of ether oxygens (including phenoxy) is 1. The average molecular weight is 402 g/mol. The Kier molecular flexibility index (Phi) is 7.17. The lowest BCUT2D eigenvalue weighted by atomic mass is 10.1. The van der Waals surface area contributed by atoms with Crippen LogP contribution in [0.2, 0.25) is 5.02 Å². The Morgan fingerprint density at radius 2 is 2.00 bits per heavy atom. The molecule has 1 amide bonds. The molecule has 0 spiro atoms. The fourth-order valence-electron chi connectivity index (χ4n) is 3.09. The molecule has 1 saturated heterocycles. The number of anilines is 1. The molecule has 1 aliphatic heterocycles. The summed E-state index contributed by atoms with van der Waals surface area (Å²) in [7, 11) is 1.85. The summed E-state index contributed by atoms with van der Waals surface area (Å²) >= 11 is 6.39. The molecule has 28 heavy (non-hydrogen) atoms. The molecular weight excluding hydrogens is 378 g/mol. The van der Waals surface area contributed by atoms with Crippen LogP contribution in [-0.4, -0.2) is 56.0 Å². The minimum Gasteiger partial charge on any atom is -0.368 e. The van der Waals surface area contributed by atoms with Gasteiger partial charge in [-0.05, 0) is 31.3 Å². The molecule has 0 saturated carbocycles. The zero-order valence-electron chi connectivity index (χ0n) is 15.8. The molecule has 1 unspecified atom stereocenters. The number of amides is 1. The molecular formula is C21H24ClN3O3. The zero-order chi connectivity index (χ0) is 19.9. The van der Waals surface area contributed by atoms with E-state index >= 15 is 0 Å². The summed E-state index contributed by atoms with van der Waals surface area (Å²) in [5.74, 6) is -0.179. The van der Waals surface area contributed by atoms with E-state index in [0.717, 1.165) is 12.1 Å². The van der Waals surface area contributed by atoms with Crippen LogP contribution >= 0.6 is 11.6 Å². The number of ketones is 1. The van der Waals surface area contributed by atoms with Gasteiger partial charge in [0.2, 0.25) is 0 Å². The van der Waals surface area contributed by atoms with E-state index in [1.807, 2.05) is 36.2 Å². The first kappa shape index (κ1) is 20.5. The number of halogens is 1. The van der Waals surface area contributed by atoms with Crippen molar-refractivity contribution < 1.29 is 14.3 Å². The molecule has 1 heterocycles. The average Bonchev–Trinajstić information content (AvgIpc) is 2.72. The number of likely N-dealkylation sites (N-methyl/N-ethyl adjacent to an activating group) is 1. The van der Waals surface area contributed by atoms with Gasteiger partial charge in [-0.2, -0.15) is 0 Å². The molecule has 0 radical (unpaired) electrons. The van der Waals surface area contributed by atoms with Gasteiger partial charge in [-0.3, -0.25) is 14.5 Å². The van der Waals surface area contributed by atoms with Gasteiger partial charge >= 0.3 is 0 Å². The summed E-state index contributed by atoms with van der Waals surface area (Å²) in [6.45, 7) is 2.51. The van der Waals surface area contributed by atoms with Crippen molar-refractivity contribution in [1.29, 1.82) is 0 Å². The van der Waals surface area contributed by atoms with Gasteiger partial charge in [-0.25, -0.2) is 0 Å². The number of nitrogens with one attached hydrogen (secondary N) is 2. The van der Waals surface area contributed by atoms with E-state index in [-0.39, 0.29) is 18.2 Å². The summed E-state index contributed by atoms with van der Waals surface area (Å²) < 4.78 is 5.52. The summed E-state index contributed by atoms with van der Waals surface area (Å²) in [4.78, 5) is 26.8. The Labute approximate surface area is 169 Å². The fourth-order valence-corrected chi connectivity index (χ4v) is 3.32. The SMILES string of the molecule is CN(CC(=O)C1CNCCO1)Cc1c(Cl)cccc1NC(=O)c1ccccc1. The van der Waals surface area contributed by atoms with E-state index in [1.165, 1.54) is 0 Å². The van der Waals surface area contributed by atoms with Crippen molar-refractivity contribution in [2.24, 2.45) is 0 Å². The summed E-state index contributed by atoms with van der Waals surface area (Å²) in [6, 6.07) is 14.4. The van der Waals surface area contributed by atoms with Crippen LogP contribution in [0.3, 0.4) is 0 Å². The molecule has 0 aliphatic carbocycles. The second kappa shape index (κ2) is 9.80. The standard InChI is InChI=1S/C21H24ClN3O3/c1-25(14-19(26)20-12-23-10-11-28-20)13-16-17(22)8-5-9-18(16)24-21(27)15-6-3-2-4-7-15/h2-9,20,23H,10-14H2,1H3,(H,24,27). The molecule has 148 valence electrons. The van der Waals surface area contributed by atoms with Crippen LogP contribution < -0.4 is 10.6 Å². The lowest BCUT2D eigenvalue weighted by Crippen LogP contribution is -2.46. The number of morpholine rings is 1. The minimum atomic E-state index is -0.417. The third-order valence-corrected chi connectivity index (χ3v) is 4.90. The summed E-state index contributed by atoms with van der Waals surface area (Å²) in [6.07, 6.45) is -0.417. The third-order valence-electron chi connectivity index (χ3n) is 4.54. The molecule has 0 bridgehead atoms. The molecule has 1 atom stereocenters. The lowest BCUT2D eigenvalue weighted by Gasteiger charge is -2.25. The maximum absolute atomic E-state index is 12.5. The third kappa shape index (κ3) is 5.39.